The van der Waals surface area contributed by atoms with Crippen molar-refractivity contribution in [1.29, 1.82) is 0 Å². The molecule has 0 rings (SSSR count). The van der Waals surface area contributed by atoms with Crippen LogP contribution in [0.1, 0.15) is 53.8 Å². The largest absolute Gasteiger partial charge is 0.356 e. The number of hydrogen-bond acceptors (Lipinski definition) is 1. The van der Waals surface area contributed by atoms with Crippen molar-refractivity contribution in [3.05, 3.63) is 0 Å². The van der Waals surface area contributed by atoms with Crippen molar-refractivity contribution in [1.82, 2.24) is 5.32 Å². The Kier molecular flexibility index (Phi) is 8.19. The number of hydrogen-bond donors (Lipinski definition) is 1. The lowest BCUT2D eigenvalue weighted by Crippen LogP contribution is -2.23. The molecule has 0 aromatic heterocycles. The standard InChI is InChI=1S/C10H21NO.H2/c1-3-5-6-7-8-9-11-10(12)4-2;/h3-9H2,1-2H3,(H,11,12);1H. The van der Waals surface area contributed by atoms with Crippen LogP contribution in [0.2, 0.25) is 0 Å². The van der Waals surface area contributed by atoms with Crippen molar-refractivity contribution >= 4 is 5.91 Å². The predicted molar refractivity (Wildman–Crippen MR) is 54.2 cm³/mol. The van der Waals surface area contributed by atoms with Gasteiger partial charge in [0.2, 0.25) is 5.91 Å². The average Bonchev–Trinajstić information content (AvgIpc) is 2.10. The Balaban J connectivity index is 0. The molecular formula is C10H23NO. The van der Waals surface area contributed by atoms with E-state index in [0.29, 0.717) is 6.42 Å². The molecule has 74 valence electrons. The van der Waals surface area contributed by atoms with Crippen LogP contribution < -0.4 is 5.32 Å². The maximum Gasteiger partial charge on any atom is 0.219 e. The van der Waals surface area contributed by atoms with E-state index in [9.17, 15) is 4.79 Å². The first-order valence-corrected chi connectivity index (χ1v) is 5.08. The van der Waals surface area contributed by atoms with E-state index in [1.165, 1.54) is 25.7 Å². The van der Waals surface area contributed by atoms with Crippen LogP contribution in [0.25, 0.3) is 0 Å². The highest BCUT2D eigenvalue weighted by atomic mass is 16.1. The summed E-state index contributed by atoms with van der Waals surface area (Å²) in [5.74, 6) is 0.172. The van der Waals surface area contributed by atoms with E-state index < -0.39 is 0 Å². The summed E-state index contributed by atoms with van der Waals surface area (Å²) in [4.78, 5) is 10.8. The fraction of sp³-hybridized carbons (Fsp3) is 0.900. The molecule has 0 bridgehead atoms. The van der Waals surface area contributed by atoms with E-state index in [1.54, 1.807) is 0 Å². The number of carbonyl (C=O) groups excluding carboxylic acids is 1. The van der Waals surface area contributed by atoms with Gasteiger partial charge in [-0.3, -0.25) is 4.79 Å². The monoisotopic (exact) mass is 173 g/mol. The van der Waals surface area contributed by atoms with Crippen LogP contribution in [0, 0.1) is 0 Å². The Bertz CT molecular complexity index is 117. The van der Waals surface area contributed by atoms with E-state index in [2.05, 4.69) is 12.2 Å². The zero-order valence-electron chi connectivity index (χ0n) is 8.36. The quantitative estimate of drug-likeness (QED) is 0.589. The van der Waals surface area contributed by atoms with Crippen LogP contribution in [-0.4, -0.2) is 12.5 Å². The van der Waals surface area contributed by atoms with Gasteiger partial charge in [-0.2, -0.15) is 0 Å². The molecule has 0 unspecified atom stereocenters. The van der Waals surface area contributed by atoms with Crippen LogP contribution in [0.15, 0.2) is 0 Å². The fourth-order valence-corrected chi connectivity index (χ4v) is 1.08. The summed E-state index contributed by atoms with van der Waals surface area (Å²) in [6, 6.07) is 0. The fourth-order valence-electron chi connectivity index (χ4n) is 1.08. The molecule has 0 spiro atoms. The first kappa shape index (κ1) is 11.5. The van der Waals surface area contributed by atoms with Gasteiger partial charge in [0.25, 0.3) is 0 Å². The highest BCUT2D eigenvalue weighted by molar-refractivity contribution is 5.75. The molecule has 0 aromatic carbocycles. The molecule has 0 saturated heterocycles. The van der Waals surface area contributed by atoms with Gasteiger partial charge >= 0.3 is 0 Å². The van der Waals surface area contributed by atoms with E-state index in [4.69, 9.17) is 0 Å². The maximum absolute atomic E-state index is 10.8. The second kappa shape index (κ2) is 8.57. The van der Waals surface area contributed by atoms with Crippen molar-refractivity contribution < 1.29 is 6.22 Å². The summed E-state index contributed by atoms with van der Waals surface area (Å²) in [7, 11) is 0. The maximum atomic E-state index is 10.8. The van der Waals surface area contributed by atoms with Crippen molar-refractivity contribution in [2.45, 2.75) is 52.4 Å². The molecule has 0 aromatic rings. The Morgan fingerprint density at radius 3 is 2.42 bits per heavy atom. The minimum atomic E-state index is 0. The highest BCUT2D eigenvalue weighted by Crippen LogP contribution is 2.00. The third kappa shape index (κ3) is 7.58. The third-order valence-corrected chi connectivity index (χ3v) is 1.92. The smallest absolute Gasteiger partial charge is 0.219 e. The lowest BCUT2D eigenvalue weighted by atomic mass is 10.1. The molecule has 12 heavy (non-hydrogen) atoms. The molecule has 0 aliphatic carbocycles. The first-order chi connectivity index (χ1) is 5.81. The Hall–Kier alpha value is -0.530. The normalized spacial score (nSPS) is 9.83. The molecule has 0 fully saturated rings. The first-order valence-electron chi connectivity index (χ1n) is 5.08. The van der Waals surface area contributed by atoms with Crippen molar-refractivity contribution in [3.63, 3.8) is 0 Å². The molecule has 0 atom stereocenters. The molecule has 1 amide bonds. The van der Waals surface area contributed by atoms with Gasteiger partial charge in [0.05, 0.1) is 0 Å². The number of amides is 1. The van der Waals surface area contributed by atoms with E-state index in [0.717, 1.165) is 13.0 Å². The number of unbranched alkanes of at least 4 members (excludes halogenated alkanes) is 4. The summed E-state index contributed by atoms with van der Waals surface area (Å²) in [6.07, 6.45) is 6.89. The van der Waals surface area contributed by atoms with Gasteiger partial charge in [-0.05, 0) is 6.42 Å². The summed E-state index contributed by atoms with van der Waals surface area (Å²) >= 11 is 0. The molecule has 1 N–H and O–H groups in total. The second-order valence-corrected chi connectivity index (χ2v) is 3.12. The summed E-state index contributed by atoms with van der Waals surface area (Å²) < 4.78 is 0. The lowest BCUT2D eigenvalue weighted by Gasteiger charge is -2.02. The molecule has 0 heterocycles. The Morgan fingerprint density at radius 2 is 1.83 bits per heavy atom. The van der Waals surface area contributed by atoms with Gasteiger partial charge < -0.3 is 5.32 Å². The van der Waals surface area contributed by atoms with Gasteiger partial charge in [-0.25, -0.2) is 0 Å². The Labute approximate surface area is 77.2 Å². The second-order valence-electron chi connectivity index (χ2n) is 3.12. The van der Waals surface area contributed by atoms with Crippen LogP contribution in [0.4, 0.5) is 0 Å². The summed E-state index contributed by atoms with van der Waals surface area (Å²) in [5, 5.41) is 2.87. The van der Waals surface area contributed by atoms with Gasteiger partial charge in [-0.15, -0.1) is 0 Å². The van der Waals surface area contributed by atoms with E-state index in [1.807, 2.05) is 6.92 Å². The van der Waals surface area contributed by atoms with Crippen molar-refractivity contribution in [2.24, 2.45) is 0 Å². The Morgan fingerprint density at radius 1 is 1.17 bits per heavy atom. The van der Waals surface area contributed by atoms with Crippen LogP contribution >= 0.6 is 0 Å². The molecule has 0 radical (unpaired) electrons. The van der Waals surface area contributed by atoms with Crippen LogP contribution in [0.5, 0.6) is 0 Å². The third-order valence-electron chi connectivity index (χ3n) is 1.92. The number of carbonyl (C=O) groups is 1. The highest BCUT2D eigenvalue weighted by Gasteiger charge is 1.94. The molecule has 0 aliphatic heterocycles. The predicted octanol–water partition coefficient (Wildman–Crippen LogP) is 2.73. The van der Waals surface area contributed by atoms with Gasteiger partial charge in [0.1, 0.15) is 0 Å². The summed E-state index contributed by atoms with van der Waals surface area (Å²) in [6.45, 7) is 4.95. The minimum absolute atomic E-state index is 0. The molecule has 0 saturated carbocycles. The van der Waals surface area contributed by atoms with Gasteiger partial charge in [0, 0.05) is 14.4 Å². The average molecular weight is 173 g/mol. The SMILES string of the molecule is CCCCCCCNC(=O)CC.[HH]. The van der Waals surface area contributed by atoms with Crippen molar-refractivity contribution in [3.8, 4) is 0 Å². The van der Waals surface area contributed by atoms with Crippen LogP contribution in [0.3, 0.4) is 0 Å². The number of rotatable bonds is 7. The van der Waals surface area contributed by atoms with E-state index in [-0.39, 0.29) is 7.33 Å². The van der Waals surface area contributed by atoms with Crippen molar-refractivity contribution in [2.75, 3.05) is 6.54 Å². The van der Waals surface area contributed by atoms with Gasteiger partial charge in [0.15, 0.2) is 0 Å². The topological polar surface area (TPSA) is 29.1 Å². The zero-order valence-corrected chi connectivity index (χ0v) is 8.36. The van der Waals surface area contributed by atoms with Gasteiger partial charge in [-0.1, -0.05) is 39.5 Å². The van der Waals surface area contributed by atoms with E-state index >= 15 is 0 Å². The lowest BCUT2D eigenvalue weighted by molar-refractivity contribution is -0.120. The molecular weight excluding hydrogens is 150 g/mol. The van der Waals surface area contributed by atoms with Crippen LogP contribution in [-0.2, 0) is 4.79 Å². The molecule has 0 aliphatic rings. The molecule has 2 nitrogen and oxygen atoms in total. The number of nitrogens with one attached hydrogen (secondary N) is 1. The minimum Gasteiger partial charge on any atom is -0.356 e. The molecule has 2 heteroatoms. The summed E-state index contributed by atoms with van der Waals surface area (Å²) in [5.41, 5.74) is 0. The zero-order chi connectivity index (χ0) is 9.23.